The Kier molecular flexibility index (Phi) is 1.74. The summed E-state index contributed by atoms with van der Waals surface area (Å²) < 4.78 is 0. The molecule has 3 saturated carbocycles. The normalized spacial score (nSPS) is 43.2. The lowest BCUT2D eigenvalue weighted by Crippen LogP contribution is -2.63. The zero-order valence-electron chi connectivity index (χ0n) is 8.47. The van der Waals surface area contributed by atoms with Crippen LogP contribution in [0.3, 0.4) is 0 Å². The fraction of sp³-hybridized carbons (Fsp3) is 1.00. The molecule has 1 spiro atoms. The second-order valence-electron chi connectivity index (χ2n) is 5.58. The summed E-state index contributed by atoms with van der Waals surface area (Å²) >= 11 is 0. The lowest BCUT2D eigenvalue weighted by atomic mass is 9.44. The van der Waals surface area contributed by atoms with Crippen LogP contribution in [-0.2, 0) is 0 Å². The summed E-state index contributed by atoms with van der Waals surface area (Å²) in [5.74, 6) is 2.11. The van der Waals surface area contributed by atoms with Gasteiger partial charge < -0.3 is 5.73 Å². The van der Waals surface area contributed by atoms with Crippen molar-refractivity contribution in [1.82, 2.24) is 0 Å². The average molecular weight is 179 g/mol. The summed E-state index contributed by atoms with van der Waals surface area (Å²) in [5, 5.41) is 0. The Hall–Kier alpha value is -0.0400. The first-order chi connectivity index (χ1) is 6.33. The van der Waals surface area contributed by atoms with E-state index in [1.165, 1.54) is 51.4 Å². The largest absolute Gasteiger partial charge is 0.327 e. The van der Waals surface area contributed by atoms with Crippen LogP contribution in [0.15, 0.2) is 0 Å². The molecule has 0 bridgehead atoms. The van der Waals surface area contributed by atoms with Crippen LogP contribution in [0, 0.1) is 17.3 Å². The van der Waals surface area contributed by atoms with Crippen LogP contribution in [0.2, 0.25) is 0 Å². The molecule has 0 aromatic rings. The van der Waals surface area contributed by atoms with E-state index in [9.17, 15) is 0 Å². The third-order valence-corrected chi connectivity index (χ3v) is 5.24. The summed E-state index contributed by atoms with van der Waals surface area (Å²) in [5.41, 5.74) is 6.84. The molecule has 3 fully saturated rings. The first-order valence-electron chi connectivity index (χ1n) is 6.08. The predicted molar refractivity (Wildman–Crippen MR) is 54.3 cm³/mol. The molecule has 0 aliphatic heterocycles. The molecule has 0 amide bonds. The van der Waals surface area contributed by atoms with E-state index in [1.54, 1.807) is 0 Å². The van der Waals surface area contributed by atoms with Crippen LogP contribution in [0.5, 0.6) is 0 Å². The van der Waals surface area contributed by atoms with E-state index >= 15 is 0 Å². The first kappa shape index (κ1) is 8.28. The molecule has 0 aromatic heterocycles. The molecule has 74 valence electrons. The number of nitrogens with two attached hydrogens (primary N) is 1. The predicted octanol–water partition coefficient (Wildman–Crippen LogP) is 2.69. The third-order valence-electron chi connectivity index (χ3n) is 5.24. The van der Waals surface area contributed by atoms with Crippen LogP contribution in [0.25, 0.3) is 0 Å². The molecular formula is C12H21N. The Morgan fingerprint density at radius 2 is 1.69 bits per heavy atom. The minimum atomic E-state index is 0.576. The van der Waals surface area contributed by atoms with Crippen molar-refractivity contribution < 1.29 is 0 Å². The minimum absolute atomic E-state index is 0.576. The van der Waals surface area contributed by atoms with Crippen molar-refractivity contribution in [3.63, 3.8) is 0 Å². The Morgan fingerprint density at radius 3 is 2.15 bits per heavy atom. The molecule has 13 heavy (non-hydrogen) atoms. The van der Waals surface area contributed by atoms with Gasteiger partial charge in [0, 0.05) is 6.04 Å². The van der Waals surface area contributed by atoms with Crippen molar-refractivity contribution in [1.29, 1.82) is 0 Å². The number of hydrogen-bond donors (Lipinski definition) is 1. The van der Waals surface area contributed by atoms with Gasteiger partial charge in [-0.05, 0) is 36.5 Å². The summed E-state index contributed by atoms with van der Waals surface area (Å²) in [6.07, 6.45) is 11.7. The Bertz CT molecular complexity index is 201. The summed E-state index contributed by atoms with van der Waals surface area (Å²) in [4.78, 5) is 0. The lowest BCUT2D eigenvalue weighted by Gasteiger charge is -2.62. The Morgan fingerprint density at radius 1 is 1.00 bits per heavy atom. The number of hydrogen-bond acceptors (Lipinski definition) is 1. The quantitative estimate of drug-likeness (QED) is 0.658. The zero-order chi connectivity index (χ0) is 8.89. The molecule has 1 nitrogen and oxygen atoms in total. The Balaban J connectivity index is 1.71. The van der Waals surface area contributed by atoms with Crippen molar-refractivity contribution >= 4 is 0 Å². The van der Waals surface area contributed by atoms with Gasteiger partial charge >= 0.3 is 0 Å². The highest BCUT2D eigenvalue weighted by atomic mass is 14.8. The first-order valence-corrected chi connectivity index (χ1v) is 6.08. The maximum Gasteiger partial charge on any atom is 0.0101 e. The summed E-state index contributed by atoms with van der Waals surface area (Å²) in [6, 6.07) is 0.576. The van der Waals surface area contributed by atoms with Crippen LogP contribution >= 0.6 is 0 Å². The molecule has 2 N–H and O–H groups in total. The second kappa shape index (κ2) is 2.73. The minimum Gasteiger partial charge on any atom is -0.327 e. The third kappa shape index (κ3) is 0.971. The molecule has 0 saturated heterocycles. The van der Waals surface area contributed by atoms with E-state index in [-0.39, 0.29) is 0 Å². The standard InChI is InChI=1S/C12H21N/c13-11-8-10(9-4-1-2-5-9)12(11)6-3-7-12/h9-11H,1-8,13H2. The van der Waals surface area contributed by atoms with Gasteiger partial charge in [0.05, 0.1) is 0 Å². The van der Waals surface area contributed by atoms with E-state index in [1.807, 2.05) is 0 Å². The molecule has 0 aromatic carbocycles. The van der Waals surface area contributed by atoms with Gasteiger partial charge in [-0.3, -0.25) is 0 Å². The Labute approximate surface area is 81.1 Å². The average Bonchev–Trinajstić information content (AvgIpc) is 2.48. The van der Waals surface area contributed by atoms with Crippen molar-refractivity contribution in [2.24, 2.45) is 23.0 Å². The second-order valence-corrected chi connectivity index (χ2v) is 5.58. The smallest absolute Gasteiger partial charge is 0.0101 e. The molecule has 2 atom stereocenters. The maximum absolute atomic E-state index is 6.18. The molecule has 0 heterocycles. The van der Waals surface area contributed by atoms with Crippen molar-refractivity contribution in [2.45, 2.75) is 57.4 Å². The van der Waals surface area contributed by atoms with Gasteiger partial charge in [0.15, 0.2) is 0 Å². The zero-order valence-corrected chi connectivity index (χ0v) is 8.47. The highest BCUT2D eigenvalue weighted by molar-refractivity contribution is 5.11. The molecule has 3 aliphatic rings. The van der Waals surface area contributed by atoms with Gasteiger partial charge in [-0.25, -0.2) is 0 Å². The van der Waals surface area contributed by atoms with E-state index < -0.39 is 0 Å². The highest BCUT2D eigenvalue weighted by Gasteiger charge is 2.58. The van der Waals surface area contributed by atoms with E-state index in [2.05, 4.69) is 0 Å². The maximum atomic E-state index is 6.18. The van der Waals surface area contributed by atoms with E-state index in [0.29, 0.717) is 11.5 Å². The molecule has 1 heteroatoms. The van der Waals surface area contributed by atoms with Gasteiger partial charge in [-0.15, -0.1) is 0 Å². The van der Waals surface area contributed by atoms with Gasteiger partial charge in [0.2, 0.25) is 0 Å². The topological polar surface area (TPSA) is 26.0 Å². The van der Waals surface area contributed by atoms with Gasteiger partial charge in [0.1, 0.15) is 0 Å². The van der Waals surface area contributed by atoms with Gasteiger partial charge in [-0.1, -0.05) is 32.1 Å². The van der Waals surface area contributed by atoms with Crippen molar-refractivity contribution in [2.75, 3.05) is 0 Å². The molecule has 3 aliphatic carbocycles. The van der Waals surface area contributed by atoms with Gasteiger partial charge in [0.25, 0.3) is 0 Å². The van der Waals surface area contributed by atoms with Gasteiger partial charge in [-0.2, -0.15) is 0 Å². The summed E-state index contributed by atoms with van der Waals surface area (Å²) in [6.45, 7) is 0. The van der Waals surface area contributed by atoms with Crippen LogP contribution < -0.4 is 5.73 Å². The highest BCUT2D eigenvalue weighted by Crippen LogP contribution is 2.63. The number of rotatable bonds is 1. The molecule has 0 radical (unpaired) electrons. The van der Waals surface area contributed by atoms with Crippen LogP contribution in [0.4, 0.5) is 0 Å². The monoisotopic (exact) mass is 179 g/mol. The van der Waals surface area contributed by atoms with Crippen LogP contribution in [0.1, 0.15) is 51.4 Å². The van der Waals surface area contributed by atoms with Crippen molar-refractivity contribution in [3.05, 3.63) is 0 Å². The lowest BCUT2D eigenvalue weighted by molar-refractivity contribution is -0.101. The molecule has 3 rings (SSSR count). The summed E-state index contributed by atoms with van der Waals surface area (Å²) in [7, 11) is 0. The molecular weight excluding hydrogens is 158 g/mol. The van der Waals surface area contributed by atoms with Crippen LogP contribution in [-0.4, -0.2) is 6.04 Å². The van der Waals surface area contributed by atoms with E-state index in [0.717, 1.165) is 11.8 Å². The fourth-order valence-corrected chi connectivity index (χ4v) is 4.21. The van der Waals surface area contributed by atoms with Crippen molar-refractivity contribution in [3.8, 4) is 0 Å². The van der Waals surface area contributed by atoms with E-state index in [4.69, 9.17) is 5.73 Å². The fourth-order valence-electron chi connectivity index (χ4n) is 4.21. The molecule has 2 unspecified atom stereocenters. The SMILES string of the molecule is NC1CC(C2CCCC2)C12CCC2.